The number of carbonyl (C=O) groups is 1. The number of halogens is 2. The lowest BCUT2D eigenvalue weighted by Gasteiger charge is -2.29. The molecule has 1 aliphatic heterocycles. The van der Waals surface area contributed by atoms with Crippen LogP contribution in [0.25, 0.3) is 5.52 Å². The van der Waals surface area contributed by atoms with Crippen LogP contribution < -0.4 is 15.6 Å². The number of nitrogens with one attached hydrogen (secondary N) is 4. The summed E-state index contributed by atoms with van der Waals surface area (Å²) in [5.74, 6) is -0.842. The molecule has 188 valence electrons. The van der Waals surface area contributed by atoms with Crippen molar-refractivity contribution < 1.29 is 13.6 Å². The first-order chi connectivity index (χ1) is 17.4. The number of hydrogen-bond acceptors (Lipinski definition) is 6. The fraction of sp³-hybridized carbons (Fsp3) is 0.400. The Morgan fingerprint density at radius 3 is 2.69 bits per heavy atom. The Morgan fingerprint density at radius 2 is 1.92 bits per heavy atom. The van der Waals surface area contributed by atoms with Crippen molar-refractivity contribution >= 4 is 22.9 Å². The second-order valence-corrected chi connectivity index (χ2v) is 9.45. The number of amidine groups is 1. The van der Waals surface area contributed by atoms with E-state index in [0.29, 0.717) is 29.6 Å². The molecule has 1 saturated carbocycles. The van der Waals surface area contributed by atoms with Gasteiger partial charge in [-0.25, -0.2) is 18.7 Å². The molecule has 9 nitrogen and oxygen atoms in total. The van der Waals surface area contributed by atoms with E-state index in [1.165, 1.54) is 12.1 Å². The molecule has 1 saturated heterocycles. The average Bonchev–Trinajstić information content (AvgIpc) is 3.53. The van der Waals surface area contributed by atoms with E-state index in [2.05, 4.69) is 26.0 Å². The first-order valence-electron chi connectivity index (χ1n) is 12.2. The van der Waals surface area contributed by atoms with E-state index in [4.69, 9.17) is 10.9 Å². The second-order valence-electron chi connectivity index (χ2n) is 9.45. The van der Waals surface area contributed by atoms with Gasteiger partial charge in [0, 0.05) is 36.0 Å². The van der Waals surface area contributed by atoms with Gasteiger partial charge >= 0.3 is 0 Å². The summed E-state index contributed by atoms with van der Waals surface area (Å²) in [5.41, 5.74) is 11.5. The fourth-order valence-electron chi connectivity index (χ4n) is 5.43. The minimum absolute atomic E-state index is 0.00784. The zero-order valence-corrected chi connectivity index (χ0v) is 19.7. The summed E-state index contributed by atoms with van der Waals surface area (Å²) in [4.78, 5) is 15.2. The summed E-state index contributed by atoms with van der Waals surface area (Å²) in [6, 6.07) is 7.03. The van der Waals surface area contributed by atoms with Gasteiger partial charge in [-0.15, -0.1) is 0 Å². The third kappa shape index (κ3) is 4.65. The van der Waals surface area contributed by atoms with E-state index >= 15 is 0 Å². The molecule has 0 bridgehead atoms. The SMILES string of the molecule is N=NNC(=N)[C@H]1CC[C@H](NC(=O)c2cnn3ccc(N4CCC[C@@H]4c4cc(F)ccc4F)cc23)CC1. The molecule has 2 aromatic heterocycles. The number of amides is 1. The van der Waals surface area contributed by atoms with Crippen LogP contribution in [0.3, 0.4) is 0 Å². The Labute approximate surface area is 206 Å². The lowest BCUT2D eigenvalue weighted by molar-refractivity contribution is 0.0927. The van der Waals surface area contributed by atoms with Crippen LogP contribution in [0.15, 0.2) is 47.9 Å². The lowest BCUT2D eigenvalue weighted by atomic mass is 9.85. The van der Waals surface area contributed by atoms with Crippen molar-refractivity contribution in [2.45, 2.75) is 50.6 Å². The number of rotatable bonds is 6. The molecule has 5 rings (SSSR count). The Bertz CT molecular complexity index is 1300. The summed E-state index contributed by atoms with van der Waals surface area (Å²) in [7, 11) is 0. The van der Waals surface area contributed by atoms with E-state index in [0.717, 1.165) is 43.9 Å². The van der Waals surface area contributed by atoms with E-state index in [-0.39, 0.29) is 29.7 Å². The molecule has 3 aromatic rings. The number of nitrogens with zero attached hydrogens (tertiary/aromatic N) is 4. The standard InChI is InChI=1S/C25H28F2N8O/c26-16-5-8-21(27)19(12-16)22-2-1-10-34(22)18-9-11-35-23(13-18)20(14-30-35)25(36)31-17-6-3-15(4-7-17)24(28)32-33-29/h5,8-9,11-15,17,22H,1-4,6-7,10H2,(H,31,36)(H3,28,29,32)/t15-,17-,22-/m1/s1. The molecule has 36 heavy (non-hydrogen) atoms. The van der Waals surface area contributed by atoms with Gasteiger partial charge in [-0.3, -0.25) is 10.2 Å². The van der Waals surface area contributed by atoms with Crippen molar-refractivity contribution in [1.29, 1.82) is 10.9 Å². The topological polar surface area (TPSA) is 122 Å². The van der Waals surface area contributed by atoms with Gasteiger partial charge in [0.25, 0.3) is 5.91 Å². The van der Waals surface area contributed by atoms with Crippen molar-refractivity contribution in [3.63, 3.8) is 0 Å². The molecule has 2 fully saturated rings. The third-order valence-corrected chi connectivity index (χ3v) is 7.30. The van der Waals surface area contributed by atoms with Crippen molar-refractivity contribution in [2.24, 2.45) is 11.1 Å². The van der Waals surface area contributed by atoms with Gasteiger partial charge in [-0.1, -0.05) is 5.22 Å². The molecular weight excluding hydrogens is 466 g/mol. The van der Waals surface area contributed by atoms with Crippen LogP contribution in [0.5, 0.6) is 0 Å². The van der Waals surface area contributed by atoms with Crippen LogP contribution in [-0.4, -0.2) is 33.9 Å². The van der Waals surface area contributed by atoms with Crippen molar-refractivity contribution in [2.75, 3.05) is 11.4 Å². The van der Waals surface area contributed by atoms with Crippen LogP contribution in [0.1, 0.15) is 60.5 Å². The lowest BCUT2D eigenvalue weighted by Crippen LogP contribution is -2.40. The van der Waals surface area contributed by atoms with Gasteiger partial charge in [0.1, 0.15) is 17.5 Å². The monoisotopic (exact) mass is 494 g/mol. The minimum atomic E-state index is -0.461. The first-order valence-corrected chi connectivity index (χ1v) is 12.2. The van der Waals surface area contributed by atoms with Gasteiger partial charge in [-0.05, 0) is 68.9 Å². The molecule has 1 aromatic carbocycles. The van der Waals surface area contributed by atoms with Gasteiger partial charge in [-0.2, -0.15) is 10.6 Å². The zero-order chi connectivity index (χ0) is 25.2. The predicted molar refractivity (Wildman–Crippen MR) is 130 cm³/mol. The van der Waals surface area contributed by atoms with Gasteiger partial charge in [0.15, 0.2) is 0 Å². The highest BCUT2D eigenvalue weighted by Crippen LogP contribution is 2.38. The van der Waals surface area contributed by atoms with Gasteiger partial charge in [0.2, 0.25) is 0 Å². The predicted octanol–water partition coefficient (Wildman–Crippen LogP) is 4.76. The Hall–Kier alpha value is -3.89. The second kappa shape index (κ2) is 10.00. The minimum Gasteiger partial charge on any atom is -0.364 e. The molecule has 1 amide bonds. The normalized spacial score (nSPS) is 21.9. The number of carbonyl (C=O) groups excluding carboxylic acids is 1. The molecule has 4 N–H and O–H groups in total. The molecule has 0 spiro atoms. The number of pyridine rings is 1. The van der Waals surface area contributed by atoms with E-state index in [9.17, 15) is 13.6 Å². The Kier molecular flexibility index (Phi) is 6.62. The molecule has 2 aliphatic rings. The summed E-state index contributed by atoms with van der Waals surface area (Å²) < 4.78 is 30.0. The van der Waals surface area contributed by atoms with Crippen LogP contribution in [0.2, 0.25) is 0 Å². The van der Waals surface area contributed by atoms with Gasteiger partial charge in [0.05, 0.1) is 23.3 Å². The molecule has 11 heteroatoms. The van der Waals surface area contributed by atoms with Crippen LogP contribution in [0, 0.1) is 28.5 Å². The van der Waals surface area contributed by atoms with Crippen LogP contribution in [0.4, 0.5) is 14.5 Å². The molecule has 3 heterocycles. The average molecular weight is 495 g/mol. The number of anilines is 1. The molecule has 1 aliphatic carbocycles. The maximum Gasteiger partial charge on any atom is 0.255 e. The molecule has 1 atom stereocenters. The maximum absolute atomic E-state index is 14.5. The van der Waals surface area contributed by atoms with E-state index in [1.54, 1.807) is 16.9 Å². The van der Waals surface area contributed by atoms with E-state index in [1.807, 2.05) is 12.1 Å². The number of benzene rings is 1. The van der Waals surface area contributed by atoms with Crippen LogP contribution in [-0.2, 0) is 0 Å². The first kappa shape index (κ1) is 23.8. The van der Waals surface area contributed by atoms with Crippen LogP contribution >= 0.6 is 0 Å². The highest BCUT2D eigenvalue weighted by Gasteiger charge is 2.30. The van der Waals surface area contributed by atoms with Crippen molar-refractivity contribution in [1.82, 2.24) is 20.4 Å². The van der Waals surface area contributed by atoms with Gasteiger partial charge < -0.3 is 10.2 Å². The third-order valence-electron chi connectivity index (χ3n) is 7.30. The number of aromatic nitrogens is 2. The summed E-state index contributed by atoms with van der Waals surface area (Å²) in [6.45, 7) is 0.701. The Morgan fingerprint density at radius 1 is 1.11 bits per heavy atom. The maximum atomic E-state index is 14.5. The molecule has 0 radical (unpaired) electrons. The largest absolute Gasteiger partial charge is 0.364 e. The quantitative estimate of drug-likeness (QED) is 0.171. The van der Waals surface area contributed by atoms with Crippen molar-refractivity contribution in [3.8, 4) is 0 Å². The highest BCUT2D eigenvalue weighted by molar-refractivity contribution is 6.01. The molecular formula is C25H28F2N8O. The smallest absolute Gasteiger partial charge is 0.255 e. The summed E-state index contributed by atoms with van der Waals surface area (Å²) >= 11 is 0. The van der Waals surface area contributed by atoms with Crippen molar-refractivity contribution in [3.05, 3.63) is 65.5 Å². The van der Waals surface area contributed by atoms with E-state index < -0.39 is 11.6 Å². The fourth-order valence-corrected chi connectivity index (χ4v) is 5.43. The zero-order valence-electron chi connectivity index (χ0n) is 19.7. The summed E-state index contributed by atoms with van der Waals surface area (Å²) in [5, 5.41) is 18.4. The number of fused-ring (bicyclic) bond motifs is 1. The Balaban J connectivity index is 1.33. The highest BCUT2D eigenvalue weighted by atomic mass is 19.1. The number of hydrogen-bond donors (Lipinski definition) is 4. The molecule has 0 unspecified atom stereocenters. The summed E-state index contributed by atoms with van der Waals surface area (Å²) in [6.07, 6.45) is 7.82.